The molecular weight excluding hydrogens is 196 g/mol. The third-order valence-electron chi connectivity index (χ3n) is 2.67. The molecule has 0 spiro atoms. The number of carbonyl (C=O) groups excluding carboxylic acids is 2. The third-order valence-corrected chi connectivity index (χ3v) is 2.67. The van der Waals surface area contributed by atoms with E-state index in [1.165, 1.54) is 6.92 Å². The van der Waals surface area contributed by atoms with Gasteiger partial charge in [0, 0.05) is 13.5 Å². The van der Waals surface area contributed by atoms with Gasteiger partial charge in [0.2, 0.25) is 5.91 Å². The van der Waals surface area contributed by atoms with Crippen LogP contribution in [0.25, 0.3) is 0 Å². The standard InChI is InChI=1S/C10H18N2O3/c1-3-8(6-15-7(2)13)12-5-4-9(11)10(12)14/h8-9H,3-6,11H2,1-2H3. The second-order valence-electron chi connectivity index (χ2n) is 3.79. The Balaban J connectivity index is 2.51. The first-order valence-electron chi connectivity index (χ1n) is 5.25. The van der Waals surface area contributed by atoms with E-state index in [2.05, 4.69) is 0 Å². The van der Waals surface area contributed by atoms with E-state index in [1.54, 1.807) is 4.90 Å². The normalized spacial score (nSPS) is 23.0. The summed E-state index contributed by atoms with van der Waals surface area (Å²) in [6.45, 7) is 4.26. The maximum Gasteiger partial charge on any atom is 0.302 e. The number of esters is 1. The van der Waals surface area contributed by atoms with Crippen LogP contribution in [0.1, 0.15) is 26.7 Å². The van der Waals surface area contributed by atoms with E-state index >= 15 is 0 Å². The molecule has 86 valence electrons. The SMILES string of the molecule is CCC(COC(C)=O)N1CCC(N)C1=O. The zero-order valence-corrected chi connectivity index (χ0v) is 9.23. The van der Waals surface area contributed by atoms with Crippen molar-refractivity contribution in [1.82, 2.24) is 4.90 Å². The fourth-order valence-corrected chi connectivity index (χ4v) is 1.73. The average molecular weight is 214 g/mol. The Morgan fingerprint density at radius 2 is 2.40 bits per heavy atom. The van der Waals surface area contributed by atoms with Crippen LogP contribution in [0, 0.1) is 0 Å². The molecule has 2 atom stereocenters. The predicted octanol–water partition coefficient (Wildman–Crippen LogP) is -0.112. The highest BCUT2D eigenvalue weighted by Gasteiger charge is 2.33. The molecule has 0 saturated carbocycles. The molecule has 1 aliphatic rings. The molecule has 0 radical (unpaired) electrons. The highest BCUT2D eigenvalue weighted by atomic mass is 16.5. The fourth-order valence-electron chi connectivity index (χ4n) is 1.73. The fraction of sp³-hybridized carbons (Fsp3) is 0.800. The summed E-state index contributed by atoms with van der Waals surface area (Å²) in [5, 5.41) is 0. The van der Waals surface area contributed by atoms with Crippen LogP contribution in [0.3, 0.4) is 0 Å². The van der Waals surface area contributed by atoms with Crippen LogP contribution in [-0.4, -0.2) is 42.0 Å². The third kappa shape index (κ3) is 2.92. The van der Waals surface area contributed by atoms with Crippen molar-refractivity contribution in [2.45, 2.75) is 38.8 Å². The monoisotopic (exact) mass is 214 g/mol. The maximum absolute atomic E-state index is 11.6. The quantitative estimate of drug-likeness (QED) is 0.663. The number of carbonyl (C=O) groups is 2. The minimum atomic E-state index is -0.378. The Labute approximate surface area is 89.6 Å². The summed E-state index contributed by atoms with van der Waals surface area (Å²) >= 11 is 0. The molecule has 0 aliphatic carbocycles. The second kappa shape index (κ2) is 5.11. The minimum absolute atomic E-state index is 0.0325. The Morgan fingerprint density at radius 1 is 1.73 bits per heavy atom. The molecule has 1 heterocycles. The summed E-state index contributed by atoms with van der Waals surface area (Å²) in [5.74, 6) is -0.349. The van der Waals surface area contributed by atoms with Crippen LogP contribution in [0.2, 0.25) is 0 Å². The zero-order chi connectivity index (χ0) is 11.4. The number of ether oxygens (including phenoxy) is 1. The molecule has 1 amide bonds. The van der Waals surface area contributed by atoms with Crippen molar-refractivity contribution >= 4 is 11.9 Å². The van der Waals surface area contributed by atoms with E-state index in [1.807, 2.05) is 6.92 Å². The minimum Gasteiger partial charge on any atom is -0.464 e. The Kier molecular flexibility index (Phi) is 4.08. The number of nitrogens with zero attached hydrogens (tertiary/aromatic N) is 1. The molecule has 1 rings (SSSR count). The van der Waals surface area contributed by atoms with Crippen molar-refractivity contribution in [2.75, 3.05) is 13.2 Å². The molecule has 5 heteroatoms. The van der Waals surface area contributed by atoms with Crippen molar-refractivity contribution in [3.63, 3.8) is 0 Å². The summed E-state index contributed by atoms with van der Waals surface area (Å²) in [4.78, 5) is 24.0. The smallest absolute Gasteiger partial charge is 0.302 e. The first kappa shape index (κ1) is 12.0. The van der Waals surface area contributed by atoms with Gasteiger partial charge in [-0.05, 0) is 12.8 Å². The van der Waals surface area contributed by atoms with E-state index in [4.69, 9.17) is 10.5 Å². The van der Waals surface area contributed by atoms with Crippen molar-refractivity contribution in [1.29, 1.82) is 0 Å². The predicted molar refractivity (Wildman–Crippen MR) is 55.0 cm³/mol. The first-order valence-corrected chi connectivity index (χ1v) is 5.25. The van der Waals surface area contributed by atoms with E-state index in [-0.39, 0.29) is 30.6 Å². The Bertz CT molecular complexity index is 255. The van der Waals surface area contributed by atoms with Crippen LogP contribution < -0.4 is 5.73 Å². The maximum atomic E-state index is 11.6. The molecule has 1 fully saturated rings. The lowest BCUT2D eigenvalue weighted by Crippen LogP contribution is -2.43. The number of nitrogens with two attached hydrogens (primary N) is 1. The molecule has 2 N–H and O–H groups in total. The molecular formula is C10H18N2O3. The van der Waals surface area contributed by atoms with Crippen molar-refractivity contribution in [2.24, 2.45) is 5.73 Å². The van der Waals surface area contributed by atoms with Gasteiger partial charge in [-0.2, -0.15) is 0 Å². The zero-order valence-electron chi connectivity index (χ0n) is 9.23. The number of rotatable bonds is 4. The van der Waals surface area contributed by atoms with Gasteiger partial charge in [-0.3, -0.25) is 9.59 Å². The van der Waals surface area contributed by atoms with Gasteiger partial charge in [0.05, 0.1) is 12.1 Å². The number of hydrogen-bond donors (Lipinski definition) is 1. The van der Waals surface area contributed by atoms with Crippen LogP contribution in [0.4, 0.5) is 0 Å². The Morgan fingerprint density at radius 3 is 2.80 bits per heavy atom. The highest BCUT2D eigenvalue weighted by Crippen LogP contribution is 2.15. The van der Waals surface area contributed by atoms with Gasteiger partial charge in [0.1, 0.15) is 6.61 Å². The van der Waals surface area contributed by atoms with Gasteiger partial charge in [-0.15, -0.1) is 0 Å². The summed E-state index contributed by atoms with van der Waals surface area (Å²) in [6, 6.07) is -0.411. The lowest BCUT2D eigenvalue weighted by Gasteiger charge is -2.26. The Hall–Kier alpha value is -1.10. The molecule has 15 heavy (non-hydrogen) atoms. The van der Waals surface area contributed by atoms with Gasteiger partial charge in [-0.25, -0.2) is 0 Å². The molecule has 0 aromatic rings. The lowest BCUT2D eigenvalue weighted by atomic mass is 10.2. The molecule has 0 aromatic carbocycles. The van der Waals surface area contributed by atoms with Gasteiger partial charge in [-0.1, -0.05) is 6.92 Å². The summed E-state index contributed by atoms with van der Waals surface area (Å²) < 4.78 is 4.92. The summed E-state index contributed by atoms with van der Waals surface area (Å²) in [5.41, 5.74) is 5.62. The van der Waals surface area contributed by atoms with Gasteiger partial charge in [0.15, 0.2) is 0 Å². The second-order valence-corrected chi connectivity index (χ2v) is 3.79. The van der Waals surface area contributed by atoms with Gasteiger partial charge in [0.25, 0.3) is 0 Å². The van der Waals surface area contributed by atoms with Crippen molar-refractivity contribution in [3.8, 4) is 0 Å². The molecule has 1 saturated heterocycles. The summed E-state index contributed by atoms with van der Waals surface area (Å²) in [6.07, 6.45) is 1.46. The molecule has 1 aliphatic heterocycles. The van der Waals surface area contributed by atoms with Crippen molar-refractivity contribution in [3.05, 3.63) is 0 Å². The van der Waals surface area contributed by atoms with Crippen LogP contribution in [-0.2, 0) is 14.3 Å². The average Bonchev–Trinajstić information content (AvgIpc) is 2.50. The molecule has 2 unspecified atom stereocenters. The number of amides is 1. The van der Waals surface area contributed by atoms with Crippen molar-refractivity contribution < 1.29 is 14.3 Å². The van der Waals surface area contributed by atoms with E-state index in [9.17, 15) is 9.59 Å². The molecule has 5 nitrogen and oxygen atoms in total. The topological polar surface area (TPSA) is 72.6 Å². The van der Waals surface area contributed by atoms with Gasteiger partial charge < -0.3 is 15.4 Å². The first-order chi connectivity index (χ1) is 7.06. The summed E-state index contributed by atoms with van der Waals surface area (Å²) in [7, 11) is 0. The molecule has 0 bridgehead atoms. The largest absolute Gasteiger partial charge is 0.464 e. The number of hydrogen-bond acceptors (Lipinski definition) is 4. The highest BCUT2D eigenvalue weighted by molar-refractivity contribution is 5.84. The van der Waals surface area contributed by atoms with Gasteiger partial charge >= 0.3 is 5.97 Å². The lowest BCUT2D eigenvalue weighted by molar-refractivity contribution is -0.145. The van der Waals surface area contributed by atoms with Crippen LogP contribution >= 0.6 is 0 Å². The number of likely N-dealkylation sites (tertiary alicyclic amines) is 1. The van der Waals surface area contributed by atoms with Crippen LogP contribution in [0.5, 0.6) is 0 Å². The molecule has 0 aromatic heterocycles. The van der Waals surface area contributed by atoms with E-state index in [0.717, 1.165) is 6.42 Å². The van der Waals surface area contributed by atoms with E-state index in [0.29, 0.717) is 13.0 Å². The van der Waals surface area contributed by atoms with Crippen LogP contribution in [0.15, 0.2) is 0 Å². The van der Waals surface area contributed by atoms with E-state index < -0.39 is 0 Å².